The van der Waals surface area contributed by atoms with Crippen LogP contribution in [-0.4, -0.2) is 45.5 Å². The SMILES string of the molecule is O=C(c1cnc2sc(Cc3ccccc3)cn2c1=O)N1CCC(OC2CCCC2)CC1. The predicted octanol–water partition coefficient (Wildman–Crippen LogP) is 3.91. The number of hydrogen-bond acceptors (Lipinski definition) is 5. The maximum absolute atomic E-state index is 13.0. The fourth-order valence-corrected chi connectivity index (χ4v) is 5.59. The second-order valence-corrected chi connectivity index (χ2v) is 9.62. The highest BCUT2D eigenvalue weighted by Crippen LogP contribution is 2.26. The number of carbonyl (C=O) groups excluding carboxylic acids is 1. The highest BCUT2D eigenvalue weighted by atomic mass is 32.1. The first-order valence-electron chi connectivity index (χ1n) is 11.2. The maximum atomic E-state index is 13.0. The Morgan fingerprint density at radius 3 is 2.52 bits per heavy atom. The zero-order valence-corrected chi connectivity index (χ0v) is 18.4. The number of thiazole rings is 1. The van der Waals surface area contributed by atoms with E-state index in [4.69, 9.17) is 4.74 Å². The van der Waals surface area contributed by atoms with Crippen LogP contribution >= 0.6 is 11.3 Å². The van der Waals surface area contributed by atoms with Crippen LogP contribution in [0.5, 0.6) is 0 Å². The molecule has 1 aliphatic carbocycles. The van der Waals surface area contributed by atoms with Gasteiger partial charge in [-0.1, -0.05) is 43.2 Å². The van der Waals surface area contributed by atoms with Crippen LogP contribution in [0.4, 0.5) is 0 Å². The molecule has 31 heavy (non-hydrogen) atoms. The van der Waals surface area contributed by atoms with Crippen molar-refractivity contribution in [1.82, 2.24) is 14.3 Å². The molecule has 0 bridgehead atoms. The van der Waals surface area contributed by atoms with Crippen molar-refractivity contribution in [2.45, 2.75) is 57.2 Å². The first-order chi connectivity index (χ1) is 15.2. The van der Waals surface area contributed by atoms with Gasteiger partial charge in [-0.25, -0.2) is 4.98 Å². The van der Waals surface area contributed by atoms with Gasteiger partial charge in [0, 0.05) is 36.8 Å². The summed E-state index contributed by atoms with van der Waals surface area (Å²) in [6.45, 7) is 1.25. The Bertz CT molecular complexity index is 1110. The van der Waals surface area contributed by atoms with E-state index in [-0.39, 0.29) is 23.1 Å². The van der Waals surface area contributed by atoms with E-state index in [1.165, 1.54) is 40.3 Å². The molecule has 2 aromatic heterocycles. The Morgan fingerprint density at radius 1 is 1.06 bits per heavy atom. The minimum Gasteiger partial charge on any atom is -0.375 e. The Balaban J connectivity index is 1.28. The molecule has 0 radical (unpaired) electrons. The molecule has 1 saturated carbocycles. The summed E-state index contributed by atoms with van der Waals surface area (Å²) in [4.78, 5) is 33.9. The van der Waals surface area contributed by atoms with Crippen molar-refractivity contribution in [3.63, 3.8) is 0 Å². The van der Waals surface area contributed by atoms with Crippen LogP contribution in [0.1, 0.15) is 59.3 Å². The lowest BCUT2D eigenvalue weighted by molar-refractivity contribution is -0.0357. The summed E-state index contributed by atoms with van der Waals surface area (Å²) in [5.41, 5.74) is 1.05. The molecule has 1 aliphatic heterocycles. The van der Waals surface area contributed by atoms with Crippen molar-refractivity contribution >= 4 is 22.2 Å². The van der Waals surface area contributed by atoms with E-state index in [1.807, 2.05) is 24.4 Å². The lowest BCUT2D eigenvalue weighted by Gasteiger charge is -2.33. The summed E-state index contributed by atoms with van der Waals surface area (Å²) in [6.07, 6.45) is 11.1. The molecule has 0 unspecified atom stereocenters. The molecule has 5 rings (SSSR count). The summed E-state index contributed by atoms with van der Waals surface area (Å²) in [7, 11) is 0. The number of piperidine rings is 1. The minimum atomic E-state index is -0.283. The molecule has 1 aromatic carbocycles. The van der Waals surface area contributed by atoms with Crippen LogP contribution in [0.3, 0.4) is 0 Å². The smallest absolute Gasteiger partial charge is 0.271 e. The van der Waals surface area contributed by atoms with Gasteiger partial charge in [0.25, 0.3) is 11.5 Å². The first-order valence-corrected chi connectivity index (χ1v) is 12.0. The third-order valence-corrected chi connectivity index (χ3v) is 7.32. The number of likely N-dealkylation sites (tertiary alicyclic amines) is 1. The van der Waals surface area contributed by atoms with Crippen LogP contribution in [0, 0.1) is 0 Å². The normalized spacial score (nSPS) is 18.1. The molecule has 0 atom stereocenters. The van der Waals surface area contributed by atoms with E-state index in [1.54, 1.807) is 4.90 Å². The van der Waals surface area contributed by atoms with Gasteiger partial charge < -0.3 is 9.64 Å². The Kier molecular flexibility index (Phi) is 5.87. The number of benzene rings is 1. The van der Waals surface area contributed by atoms with E-state index in [0.29, 0.717) is 24.2 Å². The van der Waals surface area contributed by atoms with Gasteiger partial charge in [0.15, 0.2) is 4.96 Å². The van der Waals surface area contributed by atoms with Crippen molar-refractivity contribution in [2.75, 3.05) is 13.1 Å². The molecule has 2 aliphatic rings. The third-order valence-electron chi connectivity index (χ3n) is 6.32. The molecule has 1 saturated heterocycles. The summed E-state index contributed by atoms with van der Waals surface area (Å²) < 4.78 is 7.72. The average molecular weight is 438 g/mol. The molecule has 7 heteroatoms. The monoisotopic (exact) mass is 437 g/mol. The summed E-state index contributed by atoms with van der Waals surface area (Å²) in [5, 5.41) is 0. The number of ether oxygens (including phenoxy) is 1. The van der Waals surface area contributed by atoms with Gasteiger partial charge in [0.05, 0.1) is 12.2 Å². The van der Waals surface area contributed by atoms with E-state index < -0.39 is 0 Å². The van der Waals surface area contributed by atoms with Gasteiger partial charge in [0.2, 0.25) is 0 Å². The molecule has 0 N–H and O–H groups in total. The van der Waals surface area contributed by atoms with Gasteiger partial charge in [-0.15, -0.1) is 11.3 Å². The fraction of sp³-hybridized carbons (Fsp3) is 0.458. The zero-order valence-electron chi connectivity index (χ0n) is 17.5. The van der Waals surface area contributed by atoms with Crippen molar-refractivity contribution in [3.8, 4) is 0 Å². The number of fused-ring (bicyclic) bond motifs is 1. The molecular weight excluding hydrogens is 410 g/mol. The quantitative estimate of drug-likeness (QED) is 0.607. The molecule has 6 nitrogen and oxygen atoms in total. The third kappa shape index (κ3) is 4.43. The Hall–Kier alpha value is -2.51. The Morgan fingerprint density at radius 2 is 1.77 bits per heavy atom. The summed E-state index contributed by atoms with van der Waals surface area (Å²) in [6, 6.07) is 10.1. The maximum Gasteiger partial charge on any atom is 0.271 e. The fourth-order valence-electron chi connectivity index (χ4n) is 4.62. The van der Waals surface area contributed by atoms with E-state index >= 15 is 0 Å². The van der Waals surface area contributed by atoms with E-state index in [9.17, 15) is 9.59 Å². The topological polar surface area (TPSA) is 63.9 Å². The second-order valence-electron chi connectivity index (χ2n) is 8.52. The van der Waals surface area contributed by atoms with Crippen LogP contribution in [0.15, 0.2) is 47.5 Å². The highest BCUT2D eigenvalue weighted by Gasteiger charge is 2.28. The van der Waals surface area contributed by atoms with Gasteiger partial charge in [-0.05, 0) is 31.2 Å². The van der Waals surface area contributed by atoms with Crippen molar-refractivity contribution in [1.29, 1.82) is 0 Å². The van der Waals surface area contributed by atoms with Crippen LogP contribution < -0.4 is 5.56 Å². The highest BCUT2D eigenvalue weighted by molar-refractivity contribution is 7.17. The number of aromatic nitrogens is 2. The lowest BCUT2D eigenvalue weighted by Crippen LogP contribution is -2.43. The Labute approximate surface area is 185 Å². The molecule has 0 spiro atoms. The summed E-state index contributed by atoms with van der Waals surface area (Å²) in [5.74, 6) is -0.220. The van der Waals surface area contributed by atoms with Gasteiger partial charge in [-0.3, -0.25) is 14.0 Å². The van der Waals surface area contributed by atoms with Gasteiger partial charge in [-0.2, -0.15) is 0 Å². The first kappa shape index (κ1) is 20.4. The van der Waals surface area contributed by atoms with E-state index in [2.05, 4.69) is 17.1 Å². The van der Waals surface area contributed by atoms with Gasteiger partial charge in [0.1, 0.15) is 5.56 Å². The molecule has 3 aromatic rings. The number of carbonyl (C=O) groups is 1. The predicted molar refractivity (Wildman–Crippen MR) is 121 cm³/mol. The van der Waals surface area contributed by atoms with Crippen LogP contribution in [-0.2, 0) is 11.2 Å². The largest absolute Gasteiger partial charge is 0.375 e. The minimum absolute atomic E-state index is 0.150. The number of hydrogen-bond donors (Lipinski definition) is 0. The number of amides is 1. The molecular formula is C24H27N3O3S. The van der Waals surface area contributed by atoms with Gasteiger partial charge >= 0.3 is 0 Å². The number of nitrogens with zero attached hydrogens (tertiary/aromatic N) is 3. The standard InChI is InChI=1S/C24H27N3O3S/c28-22(26-12-10-19(11-13-26)30-18-8-4-5-9-18)21-15-25-24-27(23(21)29)16-20(31-24)14-17-6-2-1-3-7-17/h1-3,6-7,15-16,18-19H,4-5,8-14H2. The van der Waals surface area contributed by atoms with Crippen molar-refractivity contribution in [2.24, 2.45) is 0 Å². The molecule has 2 fully saturated rings. The van der Waals surface area contributed by atoms with Crippen molar-refractivity contribution < 1.29 is 9.53 Å². The molecule has 3 heterocycles. The zero-order chi connectivity index (χ0) is 21.2. The lowest BCUT2D eigenvalue weighted by atomic mass is 10.1. The number of rotatable bonds is 5. The molecule has 162 valence electrons. The average Bonchev–Trinajstić information content (AvgIpc) is 3.45. The van der Waals surface area contributed by atoms with Crippen LogP contribution in [0.2, 0.25) is 0 Å². The summed E-state index contributed by atoms with van der Waals surface area (Å²) >= 11 is 1.49. The van der Waals surface area contributed by atoms with Crippen LogP contribution in [0.25, 0.3) is 4.96 Å². The molecule has 1 amide bonds. The van der Waals surface area contributed by atoms with E-state index in [0.717, 1.165) is 37.0 Å². The van der Waals surface area contributed by atoms with Crippen molar-refractivity contribution in [3.05, 3.63) is 69.1 Å². The second kappa shape index (κ2) is 8.93.